The van der Waals surface area contributed by atoms with E-state index in [0.717, 1.165) is 17.0 Å². The minimum Gasteiger partial charge on any atom is -0.497 e. The molecule has 1 heterocycles. The van der Waals surface area contributed by atoms with Crippen LogP contribution < -0.4 is 20.3 Å². The van der Waals surface area contributed by atoms with Crippen LogP contribution in [0.4, 0.5) is 11.6 Å². The summed E-state index contributed by atoms with van der Waals surface area (Å²) >= 11 is 0. The number of aromatic amines is 1. The smallest absolute Gasteiger partial charge is 0.252 e. The van der Waals surface area contributed by atoms with E-state index >= 15 is 0 Å². The van der Waals surface area contributed by atoms with Crippen LogP contribution in [0.25, 0.3) is 11.3 Å². The van der Waals surface area contributed by atoms with E-state index in [1.54, 1.807) is 14.2 Å². The number of benzene rings is 2. The van der Waals surface area contributed by atoms with Gasteiger partial charge in [-0.15, -0.1) is 0 Å². The molecule has 0 aliphatic heterocycles. The number of hydrogen-bond donors (Lipinski definition) is 2. The first-order chi connectivity index (χ1) is 11.7. The van der Waals surface area contributed by atoms with Gasteiger partial charge in [0.2, 0.25) is 5.95 Å². The Hall–Kier alpha value is -3.28. The molecular weight excluding hydrogens is 306 g/mol. The van der Waals surface area contributed by atoms with Crippen molar-refractivity contribution in [3.05, 3.63) is 65.0 Å². The lowest BCUT2D eigenvalue weighted by Gasteiger charge is -2.11. The van der Waals surface area contributed by atoms with E-state index in [2.05, 4.69) is 15.3 Å². The predicted octanol–water partition coefficient (Wildman–Crippen LogP) is 3.20. The van der Waals surface area contributed by atoms with Gasteiger partial charge >= 0.3 is 0 Å². The standard InChI is InChI=1S/C18H17N3O3/c1-23-13-9-7-12(8-10-13)15-11-17(22)21-18(20-15)19-14-5-3-4-6-16(14)24-2/h3-11H,1-2H3,(H2,19,20,21,22). The second-order valence-electron chi connectivity index (χ2n) is 5.03. The summed E-state index contributed by atoms with van der Waals surface area (Å²) in [6.07, 6.45) is 0. The number of rotatable bonds is 5. The minimum absolute atomic E-state index is 0.242. The van der Waals surface area contributed by atoms with Gasteiger partial charge in [-0.3, -0.25) is 9.78 Å². The molecule has 24 heavy (non-hydrogen) atoms. The predicted molar refractivity (Wildman–Crippen MR) is 93.1 cm³/mol. The van der Waals surface area contributed by atoms with Gasteiger partial charge in [-0.05, 0) is 36.4 Å². The maximum absolute atomic E-state index is 12.0. The van der Waals surface area contributed by atoms with Gasteiger partial charge in [0.25, 0.3) is 5.56 Å². The van der Waals surface area contributed by atoms with E-state index < -0.39 is 0 Å². The SMILES string of the molecule is COc1ccc(-c2cc(=O)[nH]c(Nc3ccccc3OC)n2)cc1. The van der Waals surface area contributed by atoms with Gasteiger partial charge in [0.1, 0.15) is 11.5 Å². The Morgan fingerprint density at radius 3 is 2.46 bits per heavy atom. The molecule has 0 fully saturated rings. The van der Waals surface area contributed by atoms with Crippen molar-refractivity contribution in [3.63, 3.8) is 0 Å². The Morgan fingerprint density at radius 1 is 1.00 bits per heavy atom. The van der Waals surface area contributed by atoms with Crippen molar-refractivity contribution in [2.24, 2.45) is 0 Å². The van der Waals surface area contributed by atoms with Crippen LogP contribution in [-0.4, -0.2) is 24.2 Å². The van der Waals surface area contributed by atoms with Crippen molar-refractivity contribution in [1.82, 2.24) is 9.97 Å². The molecule has 1 aromatic heterocycles. The number of anilines is 2. The van der Waals surface area contributed by atoms with E-state index in [-0.39, 0.29) is 5.56 Å². The zero-order valence-electron chi connectivity index (χ0n) is 13.4. The number of ether oxygens (including phenoxy) is 2. The molecule has 122 valence electrons. The molecule has 0 aliphatic carbocycles. The van der Waals surface area contributed by atoms with E-state index in [0.29, 0.717) is 17.4 Å². The Kier molecular flexibility index (Phi) is 4.47. The van der Waals surface area contributed by atoms with Gasteiger partial charge in [-0.1, -0.05) is 12.1 Å². The van der Waals surface area contributed by atoms with Crippen molar-refractivity contribution in [2.45, 2.75) is 0 Å². The lowest BCUT2D eigenvalue weighted by atomic mass is 10.1. The Bertz CT molecular complexity index is 889. The molecule has 0 saturated carbocycles. The summed E-state index contributed by atoms with van der Waals surface area (Å²) < 4.78 is 10.4. The normalized spacial score (nSPS) is 10.2. The van der Waals surface area contributed by atoms with Crippen molar-refractivity contribution < 1.29 is 9.47 Å². The molecule has 2 aromatic carbocycles. The van der Waals surface area contributed by atoms with E-state index in [9.17, 15) is 4.79 Å². The van der Waals surface area contributed by atoms with Gasteiger partial charge in [-0.2, -0.15) is 0 Å². The van der Waals surface area contributed by atoms with Gasteiger partial charge in [-0.25, -0.2) is 4.98 Å². The van der Waals surface area contributed by atoms with E-state index in [1.807, 2.05) is 48.5 Å². The number of hydrogen-bond acceptors (Lipinski definition) is 5. The van der Waals surface area contributed by atoms with E-state index in [4.69, 9.17) is 9.47 Å². The van der Waals surface area contributed by atoms with Gasteiger partial charge in [0.15, 0.2) is 0 Å². The second-order valence-corrected chi connectivity index (χ2v) is 5.03. The maximum Gasteiger partial charge on any atom is 0.252 e. The van der Waals surface area contributed by atoms with Gasteiger partial charge < -0.3 is 14.8 Å². The monoisotopic (exact) mass is 323 g/mol. The summed E-state index contributed by atoms with van der Waals surface area (Å²) in [4.78, 5) is 19.1. The summed E-state index contributed by atoms with van der Waals surface area (Å²) in [5.74, 6) is 1.75. The summed E-state index contributed by atoms with van der Waals surface area (Å²) in [7, 11) is 3.19. The fraction of sp³-hybridized carbons (Fsp3) is 0.111. The van der Waals surface area contributed by atoms with Crippen LogP contribution >= 0.6 is 0 Å². The number of aromatic nitrogens is 2. The molecule has 0 atom stereocenters. The summed E-state index contributed by atoms with van der Waals surface area (Å²) in [6, 6.07) is 16.2. The Morgan fingerprint density at radius 2 is 1.75 bits per heavy atom. The number of para-hydroxylation sites is 2. The number of H-pyrrole nitrogens is 1. The molecule has 6 heteroatoms. The highest BCUT2D eigenvalue weighted by Crippen LogP contribution is 2.26. The highest BCUT2D eigenvalue weighted by atomic mass is 16.5. The Labute approximate surface area is 139 Å². The molecule has 2 N–H and O–H groups in total. The lowest BCUT2D eigenvalue weighted by Crippen LogP contribution is -2.10. The van der Waals surface area contributed by atoms with Crippen LogP contribution in [0.2, 0.25) is 0 Å². The molecule has 6 nitrogen and oxygen atoms in total. The number of nitrogens with one attached hydrogen (secondary N) is 2. The largest absolute Gasteiger partial charge is 0.497 e. The highest BCUT2D eigenvalue weighted by molar-refractivity contribution is 5.65. The highest BCUT2D eigenvalue weighted by Gasteiger charge is 2.07. The van der Waals surface area contributed by atoms with Crippen molar-refractivity contribution in [3.8, 4) is 22.8 Å². The fourth-order valence-corrected chi connectivity index (χ4v) is 2.30. The zero-order chi connectivity index (χ0) is 16.9. The van der Waals surface area contributed by atoms with Crippen molar-refractivity contribution in [1.29, 1.82) is 0 Å². The minimum atomic E-state index is -0.242. The molecule has 0 aliphatic rings. The maximum atomic E-state index is 12.0. The molecule has 0 bridgehead atoms. The summed E-state index contributed by atoms with van der Waals surface area (Å²) in [6.45, 7) is 0. The van der Waals surface area contributed by atoms with E-state index in [1.165, 1.54) is 6.07 Å². The zero-order valence-corrected chi connectivity index (χ0v) is 13.4. The summed E-state index contributed by atoms with van der Waals surface area (Å²) in [5, 5.41) is 3.08. The van der Waals surface area contributed by atoms with Crippen LogP contribution in [0.5, 0.6) is 11.5 Å². The van der Waals surface area contributed by atoms with Gasteiger partial charge in [0.05, 0.1) is 25.6 Å². The second kappa shape index (κ2) is 6.87. The van der Waals surface area contributed by atoms with Crippen LogP contribution in [-0.2, 0) is 0 Å². The summed E-state index contributed by atoms with van der Waals surface area (Å²) in [5.41, 5.74) is 1.87. The van der Waals surface area contributed by atoms with Crippen molar-refractivity contribution >= 4 is 11.6 Å². The first-order valence-corrected chi connectivity index (χ1v) is 7.35. The average molecular weight is 323 g/mol. The Balaban J connectivity index is 1.95. The molecule has 3 rings (SSSR count). The molecule has 0 amide bonds. The van der Waals surface area contributed by atoms with Crippen LogP contribution in [0.1, 0.15) is 0 Å². The fourth-order valence-electron chi connectivity index (χ4n) is 2.30. The van der Waals surface area contributed by atoms with Crippen molar-refractivity contribution in [2.75, 3.05) is 19.5 Å². The molecular formula is C18H17N3O3. The molecule has 0 unspecified atom stereocenters. The molecule has 3 aromatic rings. The third-order valence-corrected chi connectivity index (χ3v) is 3.49. The van der Waals surface area contributed by atoms with Crippen LogP contribution in [0.3, 0.4) is 0 Å². The average Bonchev–Trinajstić information content (AvgIpc) is 2.62. The number of methoxy groups -OCH3 is 2. The first-order valence-electron chi connectivity index (χ1n) is 7.35. The molecule has 0 radical (unpaired) electrons. The molecule has 0 saturated heterocycles. The number of nitrogens with zero attached hydrogens (tertiary/aromatic N) is 1. The third-order valence-electron chi connectivity index (χ3n) is 3.49. The quantitative estimate of drug-likeness (QED) is 0.754. The van der Waals surface area contributed by atoms with Crippen LogP contribution in [0.15, 0.2) is 59.4 Å². The first kappa shape index (κ1) is 15.6. The topological polar surface area (TPSA) is 76.2 Å². The molecule has 0 spiro atoms. The third kappa shape index (κ3) is 3.38. The van der Waals surface area contributed by atoms with Crippen LogP contribution in [0, 0.1) is 0 Å². The van der Waals surface area contributed by atoms with Gasteiger partial charge in [0, 0.05) is 11.6 Å². The lowest BCUT2D eigenvalue weighted by molar-refractivity contribution is 0.415.